The molecule has 0 fully saturated rings. The van der Waals surface area contributed by atoms with Crippen molar-refractivity contribution in [2.45, 2.75) is 52.6 Å². The van der Waals surface area contributed by atoms with Crippen LogP contribution >= 0.6 is 0 Å². The van der Waals surface area contributed by atoms with Gasteiger partial charge in [0.2, 0.25) is 0 Å². The van der Waals surface area contributed by atoms with Crippen molar-refractivity contribution in [3.8, 4) is 0 Å². The molecule has 0 saturated heterocycles. The maximum Gasteiger partial charge on any atom is 0.422 e. The Labute approximate surface area is 86.4 Å². The highest BCUT2D eigenvalue weighted by Crippen LogP contribution is 2.05. The number of hydrogen-bond donors (Lipinski definition) is 2. The van der Waals surface area contributed by atoms with Crippen LogP contribution in [0.4, 0.5) is 4.79 Å². The highest BCUT2D eigenvalue weighted by molar-refractivity contribution is 5.66. The molecule has 0 aliphatic carbocycles. The largest absolute Gasteiger partial charge is 0.443 e. The maximum atomic E-state index is 11.1. The molecule has 0 aliphatic rings. The summed E-state index contributed by atoms with van der Waals surface area (Å²) in [5.74, 6) is 0. The predicted octanol–water partition coefficient (Wildman–Crippen LogP) is 2.21. The molecule has 0 saturated carbocycles. The second kappa shape index (κ2) is 6.65. The zero-order chi connectivity index (χ0) is 11.0. The third-order valence-electron chi connectivity index (χ3n) is 1.49. The van der Waals surface area contributed by atoms with Gasteiger partial charge in [-0.2, -0.15) is 0 Å². The second-order valence-corrected chi connectivity index (χ2v) is 4.26. The lowest BCUT2D eigenvalue weighted by Gasteiger charge is -2.19. The molecule has 4 heteroatoms. The van der Waals surface area contributed by atoms with Crippen molar-refractivity contribution in [1.82, 2.24) is 10.9 Å². The summed E-state index contributed by atoms with van der Waals surface area (Å²) >= 11 is 0. The van der Waals surface area contributed by atoms with E-state index in [1.165, 1.54) is 12.8 Å². The first-order valence-electron chi connectivity index (χ1n) is 5.17. The van der Waals surface area contributed by atoms with Crippen LogP contribution < -0.4 is 10.9 Å². The van der Waals surface area contributed by atoms with Gasteiger partial charge in [0.25, 0.3) is 0 Å². The van der Waals surface area contributed by atoms with Crippen molar-refractivity contribution in [3.63, 3.8) is 0 Å². The summed E-state index contributed by atoms with van der Waals surface area (Å²) in [7, 11) is 0. The van der Waals surface area contributed by atoms with Gasteiger partial charge in [-0.1, -0.05) is 19.8 Å². The summed E-state index contributed by atoms with van der Waals surface area (Å²) in [6.07, 6.45) is 2.98. The van der Waals surface area contributed by atoms with E-state index in [9.17, 15) is 4.79 Å². The first-order chi connectivity index (χ1) is 6.45. The fraction of sp³-hybridized carbons (Fsp3) is 0.900. The van der Waals surface area contributed by atoms with Crippen LogP contribution in [0.5, 0.6) is 0 Å². The highest BCUT2D eigenvalue weighted by Gasteiger charge is 2.15. The Bertz CT molecular complexity index is 164. The molecule has 0 heterocycles. The van der Waals surface area contributed by atoms with Crippen molar-refractivity contribution in [1.29, 1.82) is 0 Å². The van der Waals surface area contributed by atoms with Crippen LogP contribution in [0.2, 0.25) is 0 Å². The molecule has 0 aromatic heterocycles. The van der Waals surface area contributed by atoms with E-state index in [2.05, 4.69) is 17.8 Å². The Hall–Kier alpha value is -0.770. The first-order valence-corrected chi connectivity index (χ1v) is 5.17. The van der Waals surface area contributed by atoms with Crippen molar-refractivity contribution >= 4 is 6.09 Å². The maximum absolute atomic E-state index is 11.1. The molecule has 14 heavy (non-hydrogen) atoms. The molecule has 2 N–H and O–H groups in total. The number of unbranched alkanes of at least 4 members (excludes halogenated alkanes) is 2. The minimum absolute atomic E-state index is 0.422. The summed E-state index contributed by atoms with van der Waals surface area (Å²) in [4.78, 5) is 11.1. The summed E-state index contributed by atoms with van der Waals surface area (Å²) < 4.78 is 5.03. The Morgan fingerprint density at radius 1 is 1.29 bits per heavy atom. The van der Waals surface area contributed by atoms with Crippen LogP contribution in [0, 0.1) is 0 Å². The summed E-state index contributed by atoms with van der Waals surface area (Å²) in [6.45, 7) is 8.44. The minimum atomic E-state index is -0.435. The Balaban J connectivity index is 3.36. The number of carbonyl (C=O) groups is 1. The number of rotatable bonds is 5. The van der Waals surface area contributed by atoms with Gasteiger partial charge in [0.1, 0.15) is 5.60 Å². The summed E-state index contributed by atoms with van der Waals surface area (Å²) in [5, 5.41) is 0. The molecule has 0 spiro atoms. The molecule has 4 nitrogen and oxygen atoms in total. The van der Waals surface area contributed by atoms with E-state index < -0.39 is 11.7 Å². The number of ether oxygens (including phenoxy) is 1. The fourth-order valence-electron chi connectivity index (χ4n) is 0.902. The van der Waals surface area contributed by atoms with Gasteiger partial charge in [-0.05, 0) is 27.2 Å². The van der Waals surface area contributed by atoms with E-state index in [1.807, 2.05) is 20.8 Å². The molecule has 0 atom stereocenters. The van der Waals surface area contributed by atoms with Gasteiger partial charge in [-0.3, -0.25) is 5.43 Å². The number of hydrazine groups is 1. The number of carbonyl (C=O) groups excluding carboxylic acids is 1. The topological polar surface area (TPSA) is 50.4 Å². The molecule has 84 valence electrons. The molecule has 0 rings (SSSR count). The van der Waals surface area contributed by atoms with Crippen LogP contribution in [0.25, 0.3) is 0 Å². The zero-order valence-electron chi connectivity index (χ0n) is 9.64. The SMILES string of the molecule is CCCCCNNC(=O)OC(C)(C)C. The van der Waals surface area contributed by atoms with Gasteiger partial charge < -0.3 is 4.74 Å². The number of hydrogen-bond acceptors (Lipinski definition) is 3. The fourth-order valence-corrected chi connectivity index (χ4v) is 0.902. The molecule has 0 aromatic rings. The third kappa shape index (κ3) is 9.32. The van der Waals surface area contributed by atoms with Crippen LogP contribution in [0.3, 0.4) is 0 Å². The van der Waals surface area contributed by atoms with Crippen molar-refractivity contribution in [3.05, 3.63) is 0 Å². The lowest BCUT2D eigenvalue weighted by Crippen LogP contribution is -2.41. The van der Waals surface area contributed by atoms with E-state index in [0.29, 0.717) is 0 Å². The first kappa shape index (κ1) is 13.2. The minimum Gasteiger partial charge on any atom is -0.443 e. The second-order valence-electron chi connectivity index (χ2n) is 4.26. The third-order valence-corrected chi connectivity index (χ3v) is 1.49. The number of nitrogens with one attached hydrogen (secondary N) is 2. The predicted molar refractivity (Wildman–Crippen MR) is 56.9 cm³/mol. The van der Waals surface area contributed by atoms with Crippen molar-refractivity contribution in [2.24, 2.45) is 0 Å². The van der Waals surface area contributed by atoms with E-state index in [0.717, 1.165) is 13.0 Å². The monoisotopic (exact) mass is 202 g/mol. The molecular weight excluding hydrogens is 180 g/mol. The summed E-state index contributed by atoms with van der Waals surface area (Å²) in [6, 6.07) is 0. The smallest absolute Gasteiger partial charge is 0.422 e. The lowest BCUT2D eigenvalue weighted by molar-refractivity contribution is 0.0498. The average Bonchev–Trinajstić information content (AvgIpc) is 2.00. The molecular formula is C10H22N2O2. The van der Waals surface area contributed by atoms with E-state index in [4.69, 9.17) is 4.74 Å². The highest BCUT2D eigenvalue weighted by atomic mass is 16.6. The van der Waals surface area contributed by atoms with Crippen LogP contribution in [-0.4, -0.2) is 18.2 Å². The molecule has 0 aromatic carbocycles. The average molecular weight is 202 g/mol. The molecule has 1 amide bonds. The normalized spacial score (nSPS) is 11.1. The van der Waals surface area contributed by atoms with Gasteiger partial charge >= 0.3 is 6.09 Å². The van der Waals surface area contributed by atoms with Crippen LogP contribution in [0.1, 0.15) is 47.0 Å². The quantitative estimate of drug-likeness (QED) is 0.531. The van der Waals surface area contributed by atoms with Crippen molar-refractivity contribution < 1.29 is 9.53 Å². The number of amides is 1. The van der Waals surface area contributed by atoms with Crippen LogP contribution in [-0.2, 0) is 4.74 Å². The Morgan fingerprint density at radius 3 is 2.43 bits per heavy atom. The standard InChI is InChI=1S/C10H22N2O2/c1-5-6-7-8-11-12-9(13)14-10(2,3)4/h11H,5-8H2,1-4H3,(H,12,13). The molecule has 0 bridgehead atoms. The van der Waals surface area contributed by atoms with Gasteiger partial charge in [-0.25, -0.2) is 10.2 Å². The molecule has 0 unspecified atom stereocenters. The van der Waals surface area contributed by atoms with Crippen LogP contribution in [0.15, 0.2) is 0 Å². The summed E-state index contributed by atoms with van der Waals surface area (Å²) in [5.41, 5.74) is 4.87. The van der Waals surface area contributed by atoms with E-state index in [-0.39, 0.29) is 0 Å². The molecule has 0 radical (unpaired) electrons. The van der Waals surface area contributed by atoms with E-state index >= 15 is 0 Å². The van der Waals surface area contributed by atoms with Gasteiger partial charge in [0, 0.05) is 6.54 Å². The van der Waals surface area contributed by atoms with Gasteiger partial charge in [0.05, 0.1) is 0 Å². The van der Waals surface area contributed by atoms with Crippen molar-refractivity contribution in [2.75, 3.05) is 6.54 Å². The van der Waals surface area contributed by atoms with Gasteiger partial charge in [0.15, 0.2) is 0 Å². The van der Waals surface area contributed by atoms with Gasteiger partial charge in [-0.15, -0.1) is 0 Å². The Morgan fingerprint density at radius 2 is 1.93 bits per heavy atom. The lowest BCUT2D eigenvalue weighted by atomic mass is 10.2. The molecule has 0 aliphatic heterocycles. The Kier molecular flexibility index (Phi) is 6.28. The van der Waals surface area contributed by atoms with E-state index in [1.54, 1.807) is 0 Å². The zero-order valence-corrected chi connectivity index (χ0v) is 9.64.